The summed E-state index contributed by atoms with van der Waals surface area (Å²) in [7, 11) is -3.68. The van der Waals surface area contributed by atoms with E-state index in [0.717, 1.165) is 13.0 Å². The molecule has 0 spiro atoms. The lowest BCUT2D eigenvalue weighted by Crippen LogP contribution is -2.25. The van der Waals surface area contributed by atoms with Gasteiger partial charge in [-0.25, -0.2) is 0 Å². The second-order valence-electron chi connectivity index (χ2n) is 7.79. The van der Waals surface area contributed by atoms with E-state index in [0.29, 0.717) is 23.4 Å². The van der Waals surface area contributed by atoms with Crippen LogP contribution in [0.15, 0.2) is 94.4 Å². The number of rotatable bonds is 6. The van der Waals surface area contributed by atoms with E-state index in [-0.39, 0.29) is 16.6 Å². The number of carbonyl (C=O) groups excluding carboxylic acids is 1. The molecular weight excluding hydrogens is 436 g/mol. The van der Waals surface area contributed by atoms with Crippen molar-refractivity contribution in [2.45, 2.75) is 17.9 Å². The predicted molar refractivity (Wildman–Crippen MR) is 129 cm³/mol. The van der Waals surface area contributed by atoms with Crippen LogP contribution in [0.5, 0.6) is 0 Å². The van der Waals surface area contributed by atoms with E-state index < -0.39 is 10.0 Å². The van der Waals surface area contributed by atoms with Crippen molar-refractivity contribution >= 4 is 38.4 Å². The number of amides is 1. The second-order valence-corrected chi connectivity index (χ2v) is 9.36. The van der Waals surface area contributed by atoms with Crippen molar-refractivity contribution in [2.24, 2.45) is 4.40 Å². The Bertz CT molecular complexity index is 1470. The third-order valence-corrected chi connectivity index (χ3v) is 6.92. The molecule has 0 fully saturated rings. The minimum atomic E-state index is -3.68. The van der Waals surface area contributed by atoms with E-state index in [2.05, 4.69) is 44.0 Å². The van der Waals surface area contributed by atoms with E-state index in [9.17, 15) is 13.2 Å². The van der Waals surface area contributed by atoms with E-state index in [1.54, 1.807) is 42.5 Å². The number of aromatic nitrogens is 1. The van der Waals surface area contributed by atoms with Crippen molar-refractivity contribution < 1.29 is 13.2 Å². The van der Waals surface area contributed by atoms with Crippen LogP contribution in [0.2, 0.25) is 0 Å². The van der Waals surface area contributed by atoms with Crippen LogP contribution in [0.3, 0.4) is 0 Å². The normalized spacial score (nSPS) is 14.0. The monoisotopic (exact) mass is 458 g/mol. The molecule has 2 N–H and O–H groups in total. The van der Waals surface area contributed by atoms with Crippen LogP contribution in [-0.4, -0.2) is 31.3 Å². The van der Waals surface area contributed by atoms with Crippen LogP contribution in [0.1, 0.15) is 22.3 Å². The number of sulfonamides is 1. The SMILES string of the molecule is O=C(NCCCn1ccc2ccccc21)c1ccc(NC2=NS(=O)(=O)c3ccccc32)cc1. The smallest absolute Gasteiger partial charge is 0.285 e. The molecule has 0 atom stereocenters. The third-order valence-electron chi connectivity index (χ3n) is 5.58. The fourth-order valence-corrected chi connectivity index (χ4v) is 5.10. The molecule has 0 radical (unpaired) electrons. The number of nitrogens with zero attached hydrogens (tertiary/aromatic N) is 2. The fraction of sp³-hybridized carbons (Fsp3) is 0.120. The van der Waals surface area contributed by atoms with E-state index >= 15 is 0 Å². The Morgan fingerprint density at radius 2 is 1.67 bits per heavy atom. The molecular formula is C25H22N4O3S. The van der Waals surface area contributed by atoms with Gasteiger partial charge in [-0.15, -0.1) is 4.40 Å². The molecule has 3 aromatic carbocycles. The van der Waals surface area contributed by atoms with Crippen LogP contribution in [0, 0.1) is 0 Å². The summed E-state index contributed by atoms with van der Waals surface area (Å²) in [5.41, 5.74) is 2.91. The first-order valence-corrected chi connectivity index (χ1v) is 12.1. The maximum Gasteiger partial charge on any atom is 0.285 e. The van der Waals surface area contributed by atoms with E-state index in [1.165, 1.54) is 17.0 Å². The van der Waals surface area contributed by atoms with Gasteiger partial charge in [-0.3, -0.25) is 4.79 Å². The summed E-state index contributed by atoms with van der Waals surface area (Å²) in [6.45, 7) is 1.39. The number of hydrogen-bond donors (Lipinski definition) is 2. The van der Waals surface area contributed by atoms with E-state index in [4.69, 9.17) is 0 Å². The second kappa shape index (κ2) is 8.55. The van der Waals surface area contributed by atoms with Gasteiger partial charge in [-0.05, 0) is 60.3 Å². The fourth-order valence-electron chi connectivity index (χ4n) is 3.93. The number of aryl methyl sites for hydroxylation is 1. The zero-order valence-electron chi connectivity index (χ0n) is 17.7. The van der Waals surface area contributed by atoms with Gasteiger partial charge in [0.1, 0.15) is 4.90 Å². The summed E-state index contributed by atoms with van der Waals surface area (Å²) < 4.78 is 30.4. The number of fused-ring (bicyclic) bond motifs is 2. The molecule has 1 aliphatic rings. The summed E-state index contributed by atoms with van der Waals surface area (Å²) in [5, 5.41) is 7.20. The highest BCUT2D eigenvalue weighted by molar-refractivity contribution is 7.90. The van der Waals surface area contributed by atoms with Gasteiger partial charge >= 0.3 is 0 Å². The van der Waals surface area contributed by atoms with Crippen LogP contribution in [-0.2, 0) is 16.6 Å². The Morgan fingerprint density at radius 3 is 2.52 bits per heavy atom. The Balaban J connectivity index is 1.16. The van der Waals surface area contributed by atoms with Gasteiger partial charge in [0, 0.05) is 41.6 Å². The summed E-state index contributed by atoms with van der Waals surface area (Å²) >= 11 is 0. The molecule has 0 saturated heterocycles. The van der Waals surface area contributed by atoms with Gasteiger partial charge in [-0.2, -0.15) is 8.42 Å². The van der Waals surface area contributed by atoms with Gasteiger partial charge in [0.05, 0.1) is 0 Å². The lowest BCUT2D eigenvalue weighted by Gasteiger charge is -2.09. The van der Waals surface area contributed by atoms with Crippen LogP contribution >= 0.6 is 0 Å². The first-order chi connectivity index (χ1) is 16.0. The highest BCUT2D eigenvalue weighted by atomic mass is 32.2. The number of carbonyl (C=O) groups is 1. The lowest BCUT2D eigenvalue weighted by atomic mass is 10.1. The molecule has 1 aliphatic heterocycles. The third kappa shape index (κ3) is 4.25. The molecule has 5 rings (SSSR count). The summed E-state index contributed by atoms with van der Waals surface area (Å²) in [4.78, 5) is 12.7. The topological polar surface area (TPSA) is 92.6 Å². The van der Waals surface area contributed by atoms with Gasteiger partial charge in [0.2, 0.25) is 0 Å². The lowest BCUT2D eigenvalue weighted by molar-refractivity contribution is 0.0953. The van der Waals surface area contributed by atoms with Crippen molar-refractivity contribution in [3.05, 3.63) is 96.2 Å². The summed E-state index contributed by atoms with van der Waals surface area (Å²) in [5.74, 6) is 0.130. The number of nitrogens with one attached hydrogen (secondary N) is 2. The maximum absolute atomic E-state index is 12.5. The molecule has 0 bridgehead atoms. The van der Waals surface area contributed by atoms with Crippen molar-refractivity contribution in [3.63, 3.8) is 0 Å². The number of hydrogen-bond acceptors (Lipinski definition) is 4. The minimum Gasteiger partial charge on any atom is -0.352 e. The Hall–Kier alpha value is -3.91. The highest BCUT2D eigenvalue weighted by Crippen LogP contribution is 2.26. The average molecular weight is 459 g/mol. The molecule has 1 aromatic heterocycles. The van der Waals surface area contributed by atoms with Crippen LogP contribution in [0.4, 0.5) is 5.69 Å². The van der Waals surface area contributed by atoms with Crippen molar-refractivity contribution in [1.82, 2.24) is 9.88 Å². The molecule has 0 saturated carbocycles. The number of para-hydroxylation sites is 1. The van der Waals surface area contributed by atoms with Gasteiger partial charge in [0.15, 0.2) is 5.84 Å². The molecule has 8 heteroatoms. The number of amidine groups is 1. The molecule has 4 aromatic rings. The Morgan fingerprint density at radius 1 is 0.909 bits per heavy atom. The van der Waals surface area contributed by atoms with E-state index in [1.807, 2.05) is 12.1 Å². The van der Waals surface area contributed by atoms with Crippen molar-refractivity contribution in [3.8, 4) is 0 Å². The first kappa shape index (κ1) is 21.0. The number of benzene rings is 3. The molecule has 1 amide bonds. The van der Waals surface area contributed by atoms with Crippen LogP contribution < -0.4 is 10.6 Å². The molecule has 33 heavy (non-hydrogen) atoms. The standard InChI is InChI=1S/C25H22N4O3S/c30-25(26-15-5-16-29-17-14-18-6-1-3-8-22(18)29)19-10-12-20(13-11-19)27-24-21-7-2-4-9-23(21)33(31,32)28-24/h1-4,6-14,17H,5,15-16H2,(H,26,30)(H,27,28). The first-order valence-electron chi connectivity index (χ1n) is 10.6. The summed E-state index contributed by atoms with van der Waals surface area (Å²) in [6.07, 6.45) is 2.88. The zero-order chi connectivity index (χ0) is 22.8. The molecule has 166 valence electrons. The highest BCUT2D eigenvalue weighted by Gasteiger charge is 2.28. The summed E-state index contributed by atoms with van der Waals surface area (Å²) in [6, 6.07) is 23.9. The van der Waals surface area contributed by atoms with Crippen LogP contribution in [0.25, 0.3) is 10.9 Å². The Labute approximate surface area is 191 Å². The quantitative estimate of drug-likeness (QED) is 0.427. The Kier molecular flexibility index (Phi) is 5.43. The van der Waals surface area contributed by atoms with Crippen molar-refractivity contribution in [2.75, 3.05) is 11.9 Å². The number of anilines is 1. The molecule has 0 aliphatic carbocycles. The predicted octanol–water partition coefficient (Wildman–Crippen LogP) is 4.02. The maximum atomic E-state index is 12.5. The largest absolute Gasteiger partial charge is 0.352 e. The van der Waals surface area contributed by atoms with Gasteiger partial charge < -0.3 is 15.2 Å². The van der Waals surface area contributed by atoms with Crippen molar-refractivity contribution in [1.29, 1.82) is 0 Å². The molecule has 0 unspecified atom stereocenters. The average Bonchev–Trinajstić information content (AvgIpc) is 3.35. The molecule has 2 heterocycles. The minimum absolute atomic E-state index is 0.148. The van der Waals surface area contributed by atoms with Gasteiger partial charge in [0.25, 0.3) is 15.9 Å². The van der Waals surface area contributed by atoms with Gasteiger partial charge in [-0.1, -0.05) is 30.3 Å². The zero-order valence-corrected chi connectivity index (χ0v) is 18.5. The molecule has 7 nitrogen and oxygen atoms in total.